The molecule has 1 heterocycles. The molecule has 0 aliphatic carbocycles. The van der Waals surface area contributed by atoms with Gasteiger partial charge in [-0.25, -0.2) is 14.4 Å². The fraction of sp³-hybridized carbons (Fsp3) is 0.250. The second-order valence-corrected chi connectivity index (χ2v) is 6.11. The summed E-state index contributed by atoms with van der Waals surface area (Å²) in [4.78, 5) is 35.0. The summed E-state index contributed by atoms with van der Waals surface area (Å²) in [6.45, 7) is 3.73. The quantitative estimate of drug-likeness (QED) is 0.262. The normalized spacial score (nSPS) is 12.3. The Bertz CT molecular complexity index is 885. The molecular formula is C20H22N2O6. The van der Waals surface area contributed by atoms with Crippen LogP contribution in [-0.2, 0) is 20.9 Å². The van der Waals surface area contributed by atoms with Crippen LogP contribution in [0.1, 0.15) is 36.3 Å². The van der Waals surface area contributed by atoms with E-state index in [-0.39, 0.29) is 12.2 Å². The standard InChI is InChI=1S/C20H22N2O6/c1-3-13(2)28-20(27)15(18(23)24)11-21-17-10-9-16(19(25)26)22(17)12-14-7-5-4-6-8-14/h4-11,13,21H,3,12H2,1-2H3,(H,23,24)(H,25,26). The van der Waals surface area contributed by atoms with Crippen molar-refractivity contribution >= 4 is 23.7 Å². The predicted molar refractivity (Wildman–Crippen MR) is 102 cm³/mol. The highest BCUT2D eigenvalue weighted by atomic mass is 16.5. The number of benzene rings is 1. The molecule has 1 atom stereocenters. The fourth-order valence-corrected chi connectivity index (χ4v) is 2.40. The van der Waals surface area contributed by atoms with E-state index in [0.717, 1.165) is 11.8 Å². The zero-order chi connectivity index (χ0) is 20.7. The Morgan fingerprint density at radius 1 is 1.14 bits per heavy atom. The second-order valence-electron chi connectivity index (χ2n) is 6.11. The number of ether oxygens (including phenoxy) is 1. The Morgan fingerprint density at radius 3 is 2.39 bits per heavy atom. The van der Waals surface area contributed by atoms with E-state index in [0.29, 0.717) is 12.2 Å². The van der Waals surface area contributed by atoms with Gasteiger partial charge >= 0.3 is 17.9 Å². The highest BCUT2D eigenvalue weighted by Crippen LogP contribution is 2.18. The van der Waals surface area contributed by atoms with Crippen molar-refractivity contribution in [3.63, 3.8) is 0 Å². The van der Waals surface area contributed by atoms with Crippen LogP contribution in [-0.4, -0.2) is 38.8 Å². The smallest absolute Gasteiger partial charge is 0.352 e. The molecule has 1 aromatic carbocycles. The fourth-order valence-electron chi connectivity index (χ4n) is 2.40. The number of aromatic nitrogens is 1. The molecule has 8 nitrogen and oxygen atoms in total. The minimum Gasteiger partial charge on any atom is -0.477 e. The van der Waals surface area contributed by atoms with Gasteiger partial charge in [0.25, 0.3) is 0 Å². The predicted octanol–water partition coefficient (Wildman–Crippen LogP) is 2.96. The largest absolute Gasteiger partial charge is 0.477 e. The van der Waals surface area contributed by atoms with Crippen molar-refractivity contribution in [3.05, 3.63) is 65.5 Å². The van der Waals surface area contributed by atoms with Crippen molar-refractivity contribution in [2.45, 2.75) is 32.9 Å². The maximum Gasteiger partial charge on any atom is 0.352 e. The third-order valence-corrected chi connectivity index (χ3v) is 4.08. The molecule has 0 saturated heterocycles. The van der Waals surface area contributed by atoms with Gasteiger partial charge in [-0.15, -0.1) is 0 Å². The van der Waals surface area contributed by atoms with Gasteiger partial charge in [0, 0.05) is 12.7 Å². The number of nitrogens with zero attached hydrogens (tertiary/aromatic N) is 1. The summed E-state index contributed by atoms with van der Waals surface area (Å²) in [7, 11) is 0. The van der Waals surface area contributed by atoms with Crippen LogP contribution in [0.2, 0.25) is 0 Å². The average Bonchev–Trinajstić information content (AvgIpc) is 3.05. The number of anilines is 1. The van der Waals surface area contributed by atoms with Crippen LogP contribution in [0.15, 0.2) is 54.2 Å². The highest BCUT2D eigenvalue weighted by molar-refractivity contribution is 6.13. The molecule has 0 radical (unpaired) electrons. The van der Waals surface area contributed by atoms with Crippen LogP contribution in [0.3, 0.4) is 0 Å². The zero-order valence-corrected chi connectivity index (χ0v) is 15.6. The second kappa shape index (κ2) is 9.40. The molecule has 0 spiro atoms. The van der Waals surface area contributed by atoms with E-state index >= 15 is 0 Å². The van der Waals surface area contributed by atoms with Gasteiger partial charge in [-0.2, -0.15) is 0 Å². The van der Waals surface area contributed by atoms with Crippen molar-refractivity contribution in [1.82, 2.24) is 4.57 Å². The third kappa shape index (κ3) is 5.23. The Hall–Kier alpha value is -3.55. The van der Waals surface area contributed by atoms with E-state index in [4.69, 9.17) is 4.74 Å². The Labute approximate surface area is 162 Å². The van der Waals surface area contributed by atoms with Crippen LogP contribution >= 0.6 is 0 Å². The number of rotatable bonds is 9. The summed E-state index contributed by atoms with van der Waals surface area (Å²) in [6, 6.07) is 12.1. The van der Waals surface area contributed by atoms with E-state index in [1.165, 1.54) is 16.7 Å². The maximum atomic E-state index is 12.1. The highest BCUT2D eigenvalue weighted by Gasteiger charge is 2.21. The number of carboxylic acid groups (broad SMARTS) is 2. The summed E-state index contributed by atoms with van der Waals surface area (Å²) in [5, 5.41) is 21.4. The zero-order valence-electron chi connectivity index (χ0n) is 15.6. The molecule has 2 aromatic rings. The van der Waals surface area contributed by atoms with Crippen molar-refractivity contribution in [2.24, 2.45) is 0 Å². The molecule has 0 bridgehead atoms. The number of hydrogen-bond donors (Lipinski definition) is 3. The Balaban J connectivity index is 2.31. The van der Waals surface area contributed by atoms with Gasteiger partial charge in [-0.05, 0) is 31.0 Å². The number of carbonyl (C=O) groups excluding carboxylic acids is 1. The van der Waals surface area contributed by atoms with Gasteiger partial charge in [0.1, 0.15) is 11.5 Å². The molecule has 8 heteroatoms. The number of aliphatic carboxylic acids is 1. The lowest BCUT2D eigenvalue weighted by molar-refractivity contribution is -0.147. The average molecular weight is 386 g/mol. The van der Waals surface area contributed by atoms with E-state index in [1.54, 1.807) is 6.92 Å². The molecule has 1 unspecified atom stereocenters. The monoisotopic (exact) mass is 386 g/mol. The lowest BCUT2D eigenvalue weighted by Gasteiger charge is -2.13. The van der Waals surface area contributed by atoms with Gasteiger partial charge in [0.2, 0.25) is 0 Å². The number of hydrogen-bond acceptors (Lipinski definition) is 5. The first-order valence-corrected chi connectivity index (χ1v) is 8.71. The van der Waals surface area contributed by atoms with Crippen LogP contribution < -0.4 is 5.32 Å². The van der Waals surface area contributed by atoms with Crippen molar-refractivity contribution < 1.29 is 29.3 Å². The molecular weight excluding hydrogens is 364 g/mol. The van der Waals surface area contributed by atoms with Gasteiger partial charge in [-0.1, -0.05) is 37.3 Å². The summed E-state index contributed by atoms with van der Waals surface area (Å²) < 4.78 is 6.53. The molecule has 3 N–H and O–H groups in total. The first-order valence-electron chi connectivity index (χ1n) is 8.71. The summed E-state index contributed by atoms with van der Waals surface area (Å²) in [5.41, 5.74) is 0.311. The van der Waals surface area contributed by atoms with Crippen molar-refractivity contribution in [3.8, 4) is 0 Å². The van der Waals surface area contributed by atoms with Gasteiger partial charge in [0.05, 0.1) is 6.10 Å². The number of aromatic carboxylic acids is 1. The first-order chi connectivity index (χ1) is 13.3. The minimum absolute atomic E-state index is 0.0267. The van der Waals surface area contributed by atoms with E-state index in [2.05, 4.69) is 5.32 Å². The van der Waals surface area contributed by atoms with Crippen LogP contribution in [0.4, 0.5) is 5.82 Å². The van der Waals surface area contributed by atoms with E-state index in [1.807, 2.05) is 37.3 Å². The van der Waals surface area contributed by atoms with E-state index < -0.39 is 29.6 Å². The summed E-state index contributed by atoms with van der Waals surface area (Å²) in [6.07, 6.45) is 1.14. The molecule has 0 aliphatic rings. The van der Waals surface area contributed by atoms with Crippen LogP contribution in [0.5, 0.6) is 0 Å². The number of esters is 1. The summed E-state index contributed by atoms with van der Waals surface area (Å²) >= 11 is 0. The van der Waals surface area contributed by atoms with Crippen LogP contribution in [0.25, 0.3) is 0 Å². The lowest BCUT2D eigenvalue weighted by atomic mass is 10.2. The van der Waals surface area contributed by atoms with Crippen LogP contribution in [0, 0.1) is 0 Å². The number of nitrogens with one attached hydrogen (secondary N) is 1. The molecule has 148 valence electrons. The van der Waals surface area contributed by atoms with Crippen molar-refractivity contribution in [1.29, 1.82) is 0 Å². The number of carbonyl (C=O) groups is 3. The first kappa shape index (κ1) is 20.8. The number of carboxylic acids is 2. The molecule has 2 rings (SSSR count). The van der Waals surface area contributed by atoms with Crippen molar-refractivity contribution in [2.75, 3.05) is 5.32 Å². The van der Waals surface area contributed by atoms with Gasteiger partial charge < -0.3 is 24.8 Å². The lowest BCUT2D eigenvalue weighted by Crippen LogP contribution is -2.21. The van der Waals surface area contributed by atoms with Gasteiger partial charge in [-0.3, -0.25) is 0 Å². The molecule has 1 aromatic heterocycles. The summed E-state index contributed by atoms with van der Waals surface area (Å²) in [5.74, 6) is -3.20. The van der Waals surface area contributed by atoms with E-state index in [9.17, 15) is 24.6 Å². The topological polar surface area (TPSA) is 118 Å². The SMILES string of the molecule is CCC(C)OC(=O)C(=CNc1ccc(C(=O)O)n1Cc1ccccc1)C(=O)O. The molecule has 0 saturated carbocycles. The minimum atomic E-state index is -1.44. The molecule has 0 fully saturated rings. The Morgan fingerprint density at radius 2 is 1.82 bits per heavy atom. The maximum absolute atomic E-state index is 12.1. The molecule has 0 amide bonds. The molecule has 0 aliphatic heterocycles. The molecule has 28 heavy (non-hydrogen) atoms. The third-order valence-electron chi connectivity index (χ3n) is 4.08. The Kier molecular flexibility index (Phi) is 6.97. The van der Waals surface area contributed by atoms with Gasteiger partial charge in [0.15, 0.2) is 5.57 Å².